The molecule has 1 fully saturated rings. The molecule has 0 spiro atoms. The van der Waals surface area contributed by atoms with Crippen LogP contribution in [0.25, 0.3) is 0 Å². The standard InChI is InChI=1S/C24H19F7N4O5S/c1-11-15(19(36)33-12-5-4-6-13(9-12)41(3,37)38)20(35-34-18(11)23(26,27)28)40-21-17(39-2)16(25)14(10-32-21)22(7-8-22)24(29,30)31/h4-6,9-10H,7-8H2,1-3H3,(H,33,36). The minimum atomic E-state index is -5.07. The number of ether oxygens (including phenoxy) is 2. The van der Waals surface area contributed by atoms with E-state index in [0.29, 0.717) is 6.20 Å². The van der Waals surface area contributed by atoms with Crippen molar-refractivity contribution in [1.29, 1.82) is 0 Å². The number of methoxy groups -OCH3 is 1. The van der Waals surface area contributed by atoms with Crippen LogP contribution in [0.4, 0.5) is 36.4 Å². The molecule has 1 N–H and O–H groups in total. The van der Waals surface area contributed by atoms with Gasteiger partial charge in [-0.2, -0.15) is 26.3 Å². The highest BCUT2D eigenvalue weighted by Gasteiger charge is 2.65. The molecule has 1 aliphatic carbocycles. The molecule has 2 heterocycles. The van der Waals surface area contributed by atoms with E-state index in [1.54, 1.807) is 0 Å². The van der Waals surface area contributed by atoms with E-state index >= 15 is 4.39 Å². The molecule has 0 atom stereocenters. The Labute approximate surface area is 227 Å². The minimum absolute atomic E-state index is 0.123. The molecule has 0 aliphatic heterocycles. The molecule has 4 rings (SSSR count). The molecule has 2 aromatic heterocycles. The summed E-state index contributed by atoms with van der Waals surface area (Å²) < 4.78 is 131. The van der Waals surface area contributed by atoms with Crippen LogP contribution in [0.1, 0.15) is 40.0 Å². The van der Waals surface area contributed by atoms with Crippen molar-refractivity contribution in [1.82, 2.24) is 15.2 Å². The molecule has 1 aromatic carbocycles. The van der Waals surface area contributed by atoms with Crippen LogP contribution >= 0.6 is 0 Å². The zero-order valence-electron chi connectivity index (χ0n) is 21.2. The fourth-order valence-electron chi connectivity index (χ4n) is 4.07. The molecular formula is C24H19F7N4O5S. The quantitative estimate of drug-likeness (QED) is 0.355. The van der Waals surface area contributed by atoms with Crippen LogP contribution in [0.15, 0.2) is 35.4 Å². The van der Waals surface area contributed by atoms with Gasteiger partial charge < -0.3 is 14.8 Å². The Balaban J connectivity index is 1.79. The molecule has 1 aliphatic rings. The SMILES string of the molecule is COc1c(Oc2nnc(C(F)(F)F)c(C)c2C(=O)Nc2cccc(S(C)(=O)=O)c2)ncc(C2(C(F)(F)F)CC2)c1F. The highest BCUT2D eigenvalue weighted by molar-refractivity contribution is 7.90. The summed E-state index contributed by atoms with van der Waals surface area (Å²) in [7, 11) is -2.82. The summed E-state index contributed by atoms with van der Waals surface area (Å²) in [5.74, 6) is -5.39. The van der Waals surface area contributed by atoms with Crippen molar-refractivity contribution < 1.29 is 53.4 Å². The molecule has 1 saturated carbocycles. The highest BCUT2D eigenvalue weighted by Crippen LogP contribution is 2.60. The average Bonchev–Trinajstić information content (AvgIpc) is 3.65. The van der Waals surface area contributed by atoms with Gasteiger partial charge in [-0.05, 0) is 43.5 Å². The first kappa shape index (κ1) is 30.0. The molecule has 41 heavy (non-hydrogen) atoms. The van der Waals surface area contributed by atoms with Crippen molar-refractivity contribution in [3.8, 4) is 17.5 Å². The minimum Gasteiger partial charge on any atom is -0.489 e. The lowest BCUT2D eigenvalue weighted by Crippen LogP contribution is -2.30. The zero-order chi connectivity index (χ0) is 30.5. The largest absolute Gasteiger partial charge is 0.489 e. The van der Waals surface area contributed by atoms with Gasteiger partial charge in [0, 0.05) is 23.7 Å². The number of sulfone groups is 1. The smallest absolute Gasteiger partial charge is 0.435 e. The number of alkyl halides is 6. The lowest BCUT2D eigenvalue weighted by molar-refractivity contribution is -0.161. The number of benzene rings is 1. The number of aromatic nitrogens is 3. The van der Waals surface area contributed by atoms with Gasteiger partial charge in [0.25, 0.3) is 17.7 Å². The van der Waals surface area contributed by atoms with Gasteiger partial charge in [0.2, 0.25) is 5.75 Å². The molecule has 17 heteroatoms. The van der Waals surface area contributed by atoms with Crippen LogP contribution < -0.4 is 14.8 Å². The summed E-state index contributed by atoms with van der Waals surface area (Å²) in [5, 5.41) is 8.59. The molecule has 0 unspecified atom stereocenters. The van der Waals surface area contributed by atoms with E-state index < -0.39 is 92.1 Å². The third-order valence-electron chi connectivity index (χ3n) is 6.35. The molecule has 0 radical (unpaired) electrons. The predicted octanol–water partition coefficient (Wildman–Crippen LogP) is 5.39. The van der Waals surface area contributed by atoms with Gasteiger partial charge in [-0.15, -0.1) is 10.2 Å². The van der Waals surface area contributed by atoms with Gasteiger partial charge in [-0.1, -0.05) is 6.07 Å². The van der Waals surface area contributed by atoms with E-state index in [1.807, 2.05) is 0 Å². The molecule has 0 saturated heterocycles. The van der Waals surface area contributed by atoms with E-state index in [-0.39, 0.29) is 10.6 Å². The van der Waals surface area contributed by atoms with Crippen molar-refractivity contribution in [3.63, 3.8) is 0 Å². The number of carbonyl (C=O) groups is 1. The summed E-state index contributed by atoms with van der Waals surface area (Å²) in [6.45, 7) is 0.876. The molecule has 0 bridgehead atoms. The Kier molecular flexibility index (Phi) is 7.39. The van der Waals surface area contributed by atoms with Crippen molar-refractivity contribution in [2.24, 2.45) is 0 Å². The fraction of sp³-hybridized carbons (Fsp3) is 0.333. The number of anilines is 1. The van der Waals surface area contributed by atoms with Gasteiger partial charge >= 0.3 is 12.4 Å². The van der Waals surface area contributed by atoms with Crippen LogP contribution in [-0.2, 0) is 21.4 Å². The van der Waals surface area contributed by atoms with E-state index in [1.165, 1.54) is 18.2 Å². The van der Waals surface area contributed by atoms with Crippen LogP contribution in [0.5, 0.6) is 17.5 Å². The molecule has 3 aromatic rings. The number of pyridine rings is 1. The number of hydrogen-bond acceptors (Lipinski definition) is 8. The van der Waals surface area contributed by atoms with Gasteiger partial charge in [0.15, 0.2) is 21.3 Å². The number of halogens is 7. The van der Waals surface area contributed by atoms with Crippen molar-refractivity contribution in [3.05, 3.63) is 58.7 Å². The van der Waals surface area contributed by atoms with Crippen LogP contribution in [-0.4, -0.2) is 49.0 Å². The third-order valence-corrected chi connectivity index (χ3v) is 7.46. The topological polar surface area (TPSA) is 120 Å². The highest BCUT2D eigenvalue weighted by atomic mass is 32.2. The summed E-state index contributed by atoms with van der Waals surface area (Å²) >= 11 is 0. The van der Waals surface area contributed by atoms with Gasteiger partial charge in [0.1, 0.15) is 5.56 Å². The Morgan fingerprint density at radius 1 is 1.07 bits per heavy atom. The monoisotopic (exact) mass is 608 g/mol. The molecule has 1 amide bonds. The maximum atomic E-state index is 15.2. The summed E-state index contributed by atoms with van der Waals surface area (Å²) in [6.07, 6.45) is -9.19. The van der Waals surface area contributed by atoms with Crippen LogP contribution in [0.3, 0.4) is 0 Å². The number of nitrogens with one attached hydrogen (secondary N) is 1. The summed E-state index contributed by atoms with van der Waals surface area (Å²) in [4.78, 5) is 16.7. The number of amides is 1. The van der Waals surface area contributed by atoms with Crippen LogP contribution in [0, 0.1) is 12.7 Å². The second-order valence-electron chi connectivity index (χ2n) is 9.11. The first-order valence-electron chi connectivity index (χ1n) is 11.4. The molecule has 9 nitrogen and oxygen atoms in total. The Morgan fingerprint density at radius 2 is 1.73 bits per heavy atom. The first-order valence-corrected chi connectivity index (χ1v) is 13.3. The first-order chi connectivity index (χ1) is 18.9. The van der Waals surface area contributed by atoms with E-state index in [4.69, 9.17) is 9.47 Å². The van der Waals surface area contributed by atoms with Crippen molar-refractivity contribution in [2.45, 2.75) is 42.4 Å². The summed E-state index contributed by atoms with van der Waals surface area (Å²) in [6, 6.07) is 4.81. The Bertz CT molecular complexity index is 1640. The van der Waals surface area contributed by atoms with E-state index in [0.717, 1.165) is 26.4 Å². The number of nitrogens with zero attached hydrogens (tertiary/aromatic N) is 3. The van der Waals surface area contributed by atoms with E-state index in [2.05, 4.69) is 20.5 Å². The number of rotatable bonds is 7. The second-order valence-corrected chi connectivity index (χ2v) is 11.1. The number of hydrogen-bond donors (Lipinski definition) is 1. The predicted molar refractivity (Wildman–Crippen MR) is 127 cm³/mol. The normalized spacial score (nSPS) is 14.9. The Morgan fingerprint density at radius 3 is 2.27 bits per heavy atom. The second kappa shape index (κ2) is 10.1. The zero-order valence-corrected chi connectivity index (χ0v) is 22.1. The Hall–Kier alpha value is -4.02. The van der Waals surface area contributed by atoms with Gasteiger partial charge in [-0.3, -0.25) is 4.79 Å². The lowest BCUT2D eigenvalue weighted by Gasteiger charge is -2.21. The third kappa shape index (κ3) is 5.62. The van der Waals surface area contributed by atoms with Crippen molar-refractivity contribution in [2.75, 3.05) is 18.7 Å². The van der Waals surface area contributed by atoms with Crippen LogP contribution in [0.2, 0.25) is 0 Å². The summed E-state index contributed by atoms with van der Waals surface area (Å²) in [5.41, 5.74) is -6.60. The average molecular weight is 608 g/mol. The van der Waals surface area contributed by atoms with E-state index in [9.17, 15) is 39.6 Å². The lowest BCUT2D eigenvalue weighted by atomic mass is 9.96. The van der Waals surface area contributed by atoms with Gasteiger partial charge in [0.05, 0.1) is 17.4 Å². The maximum absolute atomic E-state index is 15.2. The number of carbonyl (C=O) groups excluding carboxylic acids is 1. The van der Waals surface area contributed by atoms with Crippen molar-refractivity contribution >= 4 is 21.4 Å². The maximum Gasteiger partial charge on any atom is 0.435 e. The molecular weight excluding hydrogens is 589 g/mol. The fourth-order valence-corrected chi connectivity index (χ4v) is 4.73. The van der Waals surface area contributed by atoms with Gasteiger partial charge in [-0.25, -0.2) is 17.8 Å². The molecule has 220 valence electrons.